The molecule has 0 aliphatic carbocycles. The predicted molar refractivity (Wildman–Crippen MR) is 54.1 cm³/mol. The number of carbonyl (C=O) groups excluding carboxylic acids is 1. The van der Waals surface area contributed by atoms with Gasteiger partial charge in [0.05, 0.1) is 5.56 Å². The number of nitrogens with zero attached hydrogens (tertiary/aromatic N) is 1. The van der Waals surface area contributed by atoms with E-state index in [2.05, 4.69) is 18.9 Å². The van der Waals surface area contributed by atoms with E-state index in [0.29, 0.717) is 5.92 Å². The number of nitrogens with two attached hydrogens (primary N) is 1. The molecule has 1 aliphatic rings. The van der Waals surface area contributed by atoms with Crippen molar-refractivity contribution >= 4 is 11.6 Å². The highest BCUT2D eigenvalue weighted by Gasteiger charge is 2.25. The summed E-state index contributed by atoms with van der Waals surface area (Å²) in [5.41, 5.74) is 4.17. The van der Waals surface area contributed by atoms with Crippen molar-refractivity contribution in [1.82, 2.24) is 0 Å². The van der Waals surface area contributed by atoms with Gasteiger partial charge in [0.1, 0.15) is 5.71 Å². The zero-order chi connectivity index (χ0) is 10.1. The van der Waals surface area contributed by atoms with Gasteiger partial charge in [0, 0.05) is 11.5 Å². The highest BCUT2D eigenvalue weighted by atomic mass is 16.2. The Kier molecular flexibility index (Phi) is 2.17. The fourth-order valence-corrected chi connectivity index (χ4v) is 1.65. The quantitative estimate of drug-likeness (QED) is 0.651. The van der Waals surface area contributed by atoms with Gasteiger partial charge in [-0.15, -0.1) is 0 Å². The number of hydrogen-bond donors (Lipinski definition) is 1. The monoisotopic (exact) mass is 189 g/mol. The normalized spacial score (nSPS) is 15.4. The molecule has 0 saturated heterocycles. The third kappa shape index (κ3) is 1.36. The molecule has 2 N–H and O–H groups in total. The third-order valence-corrected chi connectivity index (χ3v) is 2.34. The first-order chi connectivity index (χ1) is 6.70. The molecule has 0 bridgehead atoms. The third-order valence-electron chi connectivity index (χ3n) is 2.34. The lowest BCUT2D eigenvalue weighted by atomic mass is 9.94. The molecule has 1 heterocycles. The van der Waals surface area contributed by atoms with Crippen LogP contribution >= 0.6 is 0 Å². The van der Waals surface area contributed by atoms with Crippen LogP contribution in [0.1, 0.15) is 29.8 Å². The first-order valence-corrected chi connectivity index (χ1v) is 4.75. The number of hydrogen-bond acceptors (Lipinski definition) is 2. The smallest absolute Gasteiger partial charge is 0.223 e. The van der Waals surface area contributed by atoms with Crippen LogP contribution in [0.2, 0.25) is 0 Å². The molecule has 72 valence electrons. The maximum absolute atomic E-state index is 11.5. The summed E-state index contributed by atoms with van der Waals surface area (Å²) in [5, 5.41) is 4.19. The van der Waals surface area contributed by atoms with Crippen LogP contribution in [0.25, 0.3) is 0 Å². The van der Waals surface area contributed by atoms with Gasteiger partial charge < -0.3 is 0 Å². The van der Waals surface area contributed by atoms with Crippen molar-refractivity contribution in [3.63, 3.8) is 0 Å². The van der Waals surface area contributed by atoms with Crippen LogP contribution < -0.4 is 5.43 Å². The van der Waals surface area contributed by atoms with Gasteiger partial charge in [-0.3, -0.25) is 0 Å². The average Bonchev–Trinajstić information content (AvgIpc) is 2.18. The first-order valence-electron chi connectivity index (χ1n) is 4.75. The molecule has 1 amide bonds. The Morgan fingerprint density at radius 2 is 1.86 bits per heavy atom. The van der Waals surface area contributed by atoms with E-state index in [0.717, 1.165) is 16.8 Å². The highest BCUT2D eigenvalue weighted by molar-refractivity contribution is 6.10. The van der Waals surface area contributed by atoms with Crippen molar-refractivity contribution in [2.45, 2.75) is 13.8 Å². The summed E-state index contributed by atoms with van der Waals surface area (Å²) in [6.45, 7) is 4.17. The van der Waals surface area contributed by atoms with Crippen LogP contribution in [0, 0.1) is 5.92 Å². The number of rotatable bonds is 1. The molecule has 2 rings (SSSR count). The Morgan fingerprint density at radius 3 is 2.50 bits per heavy atom. The first kappa shape index (κ1) is 9.09. The van der Waals surface area contributed by atoms with E-state index in [4.69, 9.17) is 0 Å². The van der Waals surface area contributed by atoms with Crippen LogP contribution in [0.5, 0.6) is 0 Å². The van der Waals surface area contributed by atoms with E-state index in [-0.39, 0.29) is 5.91 Å². The van der Waals surface area contributed by atoms with Crippen molar-refractivity contribution in [2.24, 2.45) is 11.0 Å². The van der Waals surface area contributed by atoms with Crippen molar-refractivity contribution in [3.8, 4) is 0 Å². The van der Waals surface area contributed by atoms with Gasteiger partial charge in [-0.1, -0.05) is 37.1 Å². The second-order valence-corrected chi connectivity index (χ2v) is 3.71. The maximum atomic E-state index is 11.5. The average molecular weight is 189 g/mol. The van der Waals surface area contributed by atoms with Gasteiger partial charge in [-0.25, -0.2) is 4.79 Å². The largest absolute Gasteiger partial charge is 0.369 e. The minimum atomic E-state index is 0.00463. The van der Waals surface area contributed by atoms with Crippen molar-refractivity contribution in [3.05, 3.63) is 35.4 Å². The topological polar surface area (TPSA) is 46.0 Å². The van der Waals surface area contributed by atoms with E-state index in [1.54, 1.807) is 0 Å². The Bertz CT molecular complexity index is 408. The molecule has 1 aromatic carbocycles. The Morgan fingerprint density at radius 1 is 1.21 bits per heavy atom. The van der Waals surface area contributed by atoms with Crippen LogP contribution in [0.15, 0.2) is 29.4 Å². The number of fused-ring (bicyclic) bond motifs is 1. The van der Waals surface area contributed by atoms with E-state index < -0.39 is 0 Å². The summed E-state index contributed by atoms with van der Waals surface area (Å²) in [6, 6.07) is 7.63. The molecule has 0 atom stereocenters. The Labute approximate surface area is 82.8 Å². The van der Waals surface area contributed by atoms with Crippen molar-refractivity contribution in [1.29, 1.82) is 0 Å². The summed E-state index contributed by atoms with van der Waals surface area (Å²) in [6.07, 6.45) is 0. The van der Waals surface area contributed by atoms with Crippen LogP contribution in [0.4, 0.5) is 0 Å². The second kappa shape index (κ2) is 3.35. The molecule has 0 spiro atoms. The number of benzene rings is 1. The Hall–Kier alpha value is -1.48. The molecule has 3 heteroatoms. The number of quaternary nitrogens is 1. The zero-order valence-electron chi connectivity index (χ0n) is 8.32. The lowest BCUT2D eigenvalue weighted by Gasteiger charge is -2.14. The molecular formula is C11H13N2O+. The van der Waals surface area contributed by atoms with Crippen LogP contribution in [-0.4, -0.2) is 11.6 Å². The standard InChI is InChI=1S/C11H12N2O/c1-7(2)10-8-5-3-4-6-9(8)11(14)13-12-10/h3-7H,1-2H3,(H,13,14)/p+1. The minimum absolute atomic E-state index is 0.00463. The molecule has 0 radical (unpaired) electrons. The summed E-state index contributed by atoms with van der Waals surface area (Å²) < 4.78 is 0. The maximum Gasteiger partial charge on any atom is 0.369 e. The van der Waals surface area contributed by atoms with E-state index >= 15 is 0 Å². The zero-order valence-corrected chi connectivity index (χ0v) is 8.32. The number of amides is 1. The van der Waals surface area contributed by atoms with E-state index in [9.17, 15) is 4.79 Å². The molecule has 1 aliphatic heterocycles. The minimum Gasteiger partial charge on any atom is -0.223 e. The van der Waals surface area contributed by atoms with Crippen molar-refractivity contribution < 1.29 is 10.2 Å². The van der Waals surface area contributed by atoms with Gasteiger partial charge in [-0.05, 0) is 6.07 Å². The molecular weight excluding hydrogens is 176 g/mol. The molecule has 0 aromatic heterocycles. The molecule has 1 aromatic rings. The predicted octanol–water partition coefficient (Wildman–Crippen LogP) is 0.764. The van der Waals surface area contributed by atoms with E-state index in [1.807, 2.05) is 24.3 Å². The molecule has 0 unspecified atom stereocenters. The summed E-state index contributed by atoms with van der Waals surface area (Å²) in [4.78, 5) is 11.5. The number of carbonyl (C=O) groups is 1. The Balaban J connectivity index is 2.57. The van der Waals surface area contributed by atoms with E-state index in [1.165, 1.54) is 5.43 Å². The number of primary amides is 1. The lowest BCUT2D eigenvalue weighted by molar-refractivity contribution is -0.562. The highest BCUT2D eigenvalue weighted by Crippen LogP contribution is 2.15. The van der Waals surface area contributed by atoms with Crippen molar-refractivity contribution in [2.75, 3.05) is 0 Å². The molecule has 0 fully saturated rings. The van der Waals surface area contributed by atoms with Crippen LogP contribution in [-0.2, 0) is 0 Å². The van der Waals surface area contributed by atoms with Gasteiger partial charge in [0.2, 0.25) is 0 Å². The van der Waals surface area contributed by atoms with Gasteiger partial charge in [0.15, 0.2) is 0 Å². The summed E-state index contributed by atoms with van der Waals surface area (Å²) in [7, 11) is 0. The second-order valence-electron chi connectivity index (χ2n) is 3.71. The summed E-state index contributed by atoms with van der Waals surface area (Å²) in [5.74, 6) is 0.352. The summed E-state index contributed by atoms with van der Waals surface area (Å²) >= 11 is 0. The fourth-order valence-electron chi connectivity index (χ4n) is 1.65. The molecule has 0 saturated carbocycles. The van der Waals surface area contributed by atoms with Crippen LogP contribution in [0.3, 0.4) is 0 Å². The lowest BCUT2D eigenvalue weighted by Crippen LogP contribution is -2.84. The van der Waals surface area contributed by atoms with Gasteiger partial charge in [0.25, 0.3) is 0 Å². The molecule has 3 nitrogen and oxygen atoms in total. The fraction of sp³-hybridized carbons (Fsp3) is 0.273. The SMILES string of the molecule is CC(C)C1=N[NH2+]C(=O)c2ccccc21. The molecule has 14 heavy (non-hydrogen) atoms. The van der Waals surface area contributed by atoms with Gasteiger partial charge >= 0.3 is 5.91 Å². The van der Waals surface area contributed by atoms with Gasteiger partial charge in [-0.2, -0.15) is 5.43 Å².